The van der Waals surface area contributed by atoms with Gasteiger partial charge in [0.25, 0.3) is 5.91 Å². The summed E-state index contributed by atoms with van der Waals surface area (Å²) in [6.07, 6.45) is 2.35. The Labute approximate surface area is 214 Å². The number of rotatable bonds is 5. The number of sulfonamides is 1. The minimum Gasteiger partial charge on any atom is -0.355 e. The van der Waals surface area contributed by atoms with Crippen molar-refractivity contribution in [2.45, 2.75) is 44.4 Å². The van der Waals surface area contributed by atoms with Gasteiger partial charge in [-0.15, -0.1) is 0 Å². The predicted octanol–water partition coefficient (Wildman–Crippen LogP) is 4.84. The largest absolute Gasteiger partial charge is 0.355 e. The van der Waals surface area contributed by atoms with Gasteiger partial charge in [-0.1, -0.05) is 50.6 Å². The maximum atomic E-state index is 13.1. The summed E-state index contributed by atoms with van der Waals surface area (Å²) in [7, 11) is -3.53. The minimum absolute atomic E-state index is 0.0317. The van der Waals surface area contributed by atoms with E-state index < -0.39 is 10.0 Å². The number of amides is 1. The van der Waals surface area contributed by atoms with Gasteiger partial charge < -0.3 is 10.2 Å². The van der Waals surface area contributed by atoms with Crippen LogP contribution in [0.4, 0.5) is 11.5 Å². The molecule has 8 heteroatoms. The van der Waals surface area contributed by atoms with Crippen molar-refractivity contribution in [1.82, 2.24) is 9.29 Å². The Bertz CT molecular complexity index is 1300. The van der Waals surface area contributed by atoms with Crippen molar-refractivity contribution < 1.29 is 13.2 Å². The maximum Gasteiger partial charge on any atom is 0.255 e. The molecule has 36 heavy (non-hydrogen) atoms. The minimum atomic E-state index is -3.53. The average Bonchev–Trinajstić information content (AvgIpc) is 3.11. The Balaban J connectivity index is 1.38. The Hall–Kier alpha value is -3.23. The van der Waals surface area contributed by atoms with Crippen molar-refractivity contribution in [3.8, 4) is 0 Å². The van der Waals surface area contributed by atoms with Crippen LogP contribution in [0.5, 0.6) is 0 Å². The van der Waals surface area contributed by atoms with E-state index in [1.807, 2.05) is 55.5 Å². The van der Waals surface area contributed by atoms with Crippen molar-refractivity contribution in [1.29, 1.82) is 0 Å². The first-order valence-electron chi connectivity index (χ1n) is 12.2. The third-order valence-electron chi connectivity index (χ3n) is 6.46. The number of carbonyl (C=O) groups is 1. The van der Waals surface area contributed by atoms with Crippen LogP contribution in [0.15, 0.2) is 71.8 Å². The van der Waals surface area contributed by atoms with Crippen molar-refractivity contribution in [3.05, 3.63) is 83.6 Å². The highest BCUT2D eigenvalue weighted by Crippen LogP contribution is 2.23. The molecule has 1 aliphatic heterocycles. The van der Waals surface area contributed by atoms with Gasteiger partial charge in [0.2, 0.25) is 10.0 Å². The van der Waals surface area contributed by atoms with Crippen LogP contribution in [0.3, 0.4) is 0 Å². The SMILES string of the molecule is Cc1ccc(S(=O)(=O)N2CCCN(c3ccc(NC(=O)c4ccc(C(C)(C)C)cc4)cn3)CC2)cc1. The lowest BCUT2D eigenvalue weighted by atomic mass is 9.87. The van der Waals surface area contributed by atoms with Gasteiger partial charge in [0.1, 0.15) is 5.82 Å². The number of benzene rings is 2. The lowest BCUT2D eigenvalue weighted by Gasteiger charge is -2.23. The molecule has 1 aliphatic rings. The molecule has 1 N–H and O–H groups in total. The van der Waals surface area contributed by atoms with Crippen LogP contribution in [-0.4, -0.2) is 49.8 Å². The molecule has 1 saturated heterocycles. The molecule has 2 heterocycles. The number of pyridine rings is 1. The fraction of sp³-hybridized carbons (Fsp3) is 0.357. The molecule has 0 spiro atoms. The third kappa shape index (κ3) is 5.94. The number of hydrogen-bond acceptors (Lipinski definition) is 5. The predicted molar refractivity (Wildman–Crippen MR) is 144 cm³/mol. The second-order valence-electron chi connectivity index (χ2n) is 10.2. The first-order valence-corrected chi connectivity index (χ1v) is 13.7. The summed E-state index contributed by atoms with van der Waals surface area (Å²) in [4.78, 5) is 19.6. The van der Waals surface area contributed by atoms with Crippen LogP contribution >= 0.6 is 0 Å². The maximum absolute atomic E-state index is 13.1. The average molecular weight is 507 g/mol. The van der Waals surface area contributed by atoms with Crippen molar-refractivity contribution in [2.75, 3.05) is 36.4 Å². The fourth-order valence-electron chi connectivity index (χ4n) is 4.19. The van der Waals surface area contributed by atoms with Gasteiger partial charge in [-0.3, -0.25) is 4.79 Å². The molecular formula is C28H34N4O3S. The molecule has 0 unspecified atom stereocenters. The number of aromatic nitrogens is 1. The molecule has 2 aromatic carbocycles. The van der Waals surface area contributed by atoms with E-state index in [2.05, 4.69) is 36.0 Å². The summed E-state index contributed by atoms with van der Waals surface area (Å²) in [6, 6.07) is 18.3. The van der Waals surface area contributed by atoms with Gasteiger partial charge in [-0.2, -0.15) is 4.31 Å². The summed E-state index contributed by atoms with van der Waals surface area (Å²) in [5.41, 5.74) is 3.44. The summed E-state index contributed by atoms with van der Waals surface area (Å²) < 4.78 is 27.7. The van der Waals surface area contributed by atoms with Crippen LogP contribution in [-0.2, 0) is 15.4 Å². The molecule has 1 fully saturated rings. The second kappa shape index (κ2) is 10.4. The summed E-state index contributed by atoms with van der Waals surface area (Å²) in [5.74, 6) is 0.578. The van der Waals surface area contributed by atoms with Crippen LogP contribution in [0, 0.1) is 6.92 Å². The molecule has 190 valence electrons. The highest BCUT2D eigenvalue weighted by molar-refractivity contribution is 7.89. The molecule has 0 radical (unpaired) electrons. The Kier molecular flexibility index (Phi) is 7.47. The molecule has 0 atom stereocenters. The lowest BCUT2D eigenvalue weighted by molar-refractivity contribution is 0.102. The number of carbonyl (C=O) groups excluding carboxylic acids is 1. The number of aryl methyl sites for hydroxylation is 1. The first kappa shape index (κ1) is 25.9. The number of hydrogen-bond donors (Lipinski definition) is 1. The standard InChI is InChI=1S/C28H34N4O3S/c1-21-6-13-25(14-7-21)36(34,35)32-17-5-16-31(18-19-32)26-15-12-24(20-29-26)30-27(33)22-8-10-23(11-9-22)28(2,3)4/h6-15,20H,5,16-19H2,1-4H3,(H,30,33). The Morgan fingerprint density at radius 1 is 0.889 bits per heavy atom. The first-order chi connectivity index (χ1) is 17.0. The molecule has 1 aromatic heterocycles. The van der Waals surface area contributed by atoms with Crippen LogP contribution in [0.25, 0.3) is 0 Å². The van der Waals surface area contributed by atoms with E-state index in [0.29, 0.717) is 48.7 Å². The highest BCUT2D eigenvalue weighted by atomic mass is 32.2. The quantitative estimate of drug-likeness (QED) is 0.535. The van der Waals surface area contributed by atoms with E-state index >= 15 is 0 Å². The van der Waals surface area contributed by atoms with Gasteiger partial charge in [-0.25, -0.2) is 13.4 Å². The molecule has 0 saturated carbocycles. The number of nitrogens with one attached hydrogen (secondary N) is 1. The molecule has 7 nitrogen and oxygen atoms in total. The van der Waals surface area contributed by atoms with E-state index in [0.717, 1.165) is 11.4 Å². The smallest absolute Gasteiger partial charge is 0.255 e. The third-order valence-corrected chi connectivity index (χ3v) is 8.37. The van der Waals surface area contributed by atoms with E-state index in [1.54, 1.807) is 22.6 Å². The zero-order valence-electron chi connectivity index (χ0n) is 21.4. The topological polar surface area (TPSA) is 82.6 Å². The summed E-state index contributed by atoms with van der Waals surface area (Å²) in [6.45, 7) is 10.5. The molecule has 0 bridgehead atoms. The van der Waals surface area contributed by atoms with E-state index in [-0.39, 0.29) is 11.3 Å². The van der Waals surface area contributed by atoms with Gasteiger partial charge in [0.15, 0.2) is 0 Å². The van der Waals surface area contributed by atoms with Crippen LogP contribution < -0.4 is 10.2 Å². The Morgan fingerprint density at radius 2 is 1.58 bits per heavy atom. The van der Waals surface area contributed by atoms with E-state index in [4.69, 9.17) is 0 Å². The van der Waals surface area contributed by atoms with Gasteiger partial charge in [0, 0.05) is 31.7 Å². The molecule has 1 amide bonds. The van der Waals surface area contributed by atoms with Crippen LogP contribution in [0.1, 0.15) is 48.7 Å². The van der Waals surface area contributed by atoms with E-state index in [1.165, 1.54) is 5.56 Å². The molecule has 3 aromatic rings. The number of anilines is 2. The highest BCUT2D eigenvalue weighted by Gasteiger charge is 2.27. The van der Waals surface area contributed by atoms with Crippen molar-refractivity contribution in [3.63, 3.8) is 0 Å². The summed E-state index contributed by atoms with van der Waals surface area (Å²) in [5, 5.41) is 2.90. The lowest BCUT2D eigenvalue weighted by Crippen LogP contribution is -2.35. The van der Waals surface area contributed by atoms with Gasteiger partial charge >= 0.3 is 0 Å². The summed E-state index contributed by atoms with van der Waals surface area (Å²) >= 11 is 0. The van der Waals surface area contributed by atoms with Crippen molar-refractivity contribution in [2.24, 2.45) is 0 Å². The monoisotopic (exact) mass is 506 g/mol. The van der Waals surface area contributed by atoms with Crippen molar-refractivity contribution >= 4 is 27.4 Å². The van der Waals surface area contributed by atoms with Gasteiger partial charge in [0.05, 0.1) is 16.8 Å². The zero-order chi connectivity index (χ0) is 25.9. The Morgan fingerprint density at radius 3 is 2.19 bits per heavy atom. The molecule has 4 rings (SSSR count). The van der Waals surface area contributed by atoms with E-state index in [9.17, 15) is 13.2 Å². The second-order valence-corrected chi connectivity index (χ2v) is 12.2. The molecular weight excluding hydrogens is 472 g/mol. The molecule has 0 aliphatic carbocycles. The normalized spacial score (nSPS) is 15.4. The fourth-order valence-corrected chi connectivity index (χ4v) is 5.66. The van der Waals surface area contributed by atoms with Crippen LogP contribution in [0.2, 0.25) is 0 Å². The van der Waals surface area contributed by atoms with Gasteiger partial charge in [-0.05, 0) is 60.7 Å². The zero-order valence-corrected chi connectivity index (χ0v) is 22.2. The number of nitrogens with zero attached hydrogens (tertiary/aromatic N) is 3.